The number of hydrogen-bond acceptors (Lipinski definition) is 7. The number of thiazole rings is 1. The predicted octanol–water partition coefficient (Wildman–Crippen LogP) is 3.56. The summed E-state index contributed by atoms with van der Waals surface area (Å²) in [5.41, 5.74) is 1.23. The number of amides is 1. The second-order valence-electron chi connectivity index (χ2n) is 6.81. The van der Waals surface area contributed by atoms with Crippen molar-refractivity contribution >= 4 is 32.6 Å². The molecule has 3 N–H and O–H groups in total. The number of hydrogen-bond donors (Lipinski definition) is 3. The summed E-state index contributed by atoms with van der Waals surface area (Å²) in [6.45, 7) is 0. The monoisotopic (exact) mass is 398 g/mol. The molecule has 0 bridgehead atoms. The highest BCUT2D eigenvalue weighted by atomic mass is 32.1. The Morgan fingerprint density at radius 1 is 1.21 bits per heavy atom. The fourth-order valence-corrected chi connectivity index (χ4v) is 4.26. The first-order chi connectivity index (χ1) is 13.6. The van der Waals surface area contributed by atoms with Crippen LogP contribution in [0, 0.1) is 0 Å². The van der Waals surface area contributed by atoms with Gasteiger partial charge in [-0.1, -0.05) is 24.2 Å². The number of carbonyl (C=O) groups excluding carboxylic acids is 1. The summed E-state index contributed by atoms with van der Waals surface area (Å²) in [6.07, 6.45) is 5.23. The molecule has 1 amide bonds. The zero-order valence-corrected chi connectivity index (χ0v) is 16.3. The SMILES string of the molecule is CNC(=O)c1ccc(Oc2ccc3nc(NC4CCCC[C@H]4O)sc3c2)cn1. The lowest BCUT2D eigenvalue weighted by atomic mass is 9.93. The zero-order chi connectivity index (χ0) is 19.5. The van der Waals surface area contributed by atoms with Gasteiger partial charge in [-0.3, -0.25) is 4.79 Å². The summed E-state index contributed by atoms with van der Waals surface area (Å²) >= 11 is 1.55. The van der Waals surface area contributed by atoms with E-state index in [1.165, 1.54) is 6.20 Å². The van der Waals surface area contributed by atoms with E-state index < -0.39 is 0 Å². The zero-order valence-electron chi connectivity index (χ0n) is 15.5. The Morgan fingerprint density at radius 2 is 2.04 bits per heavy atom. The third-order valence-corrected chi connectivity index (χ3v) is 5.78. The van der Waals surface area contributed by atoms with Gasteiger partial charge in [0.25, 0.3) is 5.91 Å². The van der Waals surface area contributed by atoms with Crippen LogP contribution in [0.15, 0.2) is 36.5 Å². The standard InChI is InChI=1S/C20H22N4O3S/c1-21-19(26)16-9-7-13(11-22-16)27-12-6-8-15-18(10-12)28-20(24-15)23-14-4-2-3-5-17(14)25/h6-11,14,17,25H,2-5H2,1H3,(H,21,26)(H,23,24)/t14?,17-/m1/s1. The molecule has 1 aliphatic rings. The minimum Gasteiger partial charge on any atom is -0.456 e. The van der Waals surface area contributed by atoms with Gasteiger partial charge < -0.3 is 20.5 Å². The van der Waals surface area contributed by atoms with E-state index in [0.717, 1.165) is 41.0 Å². The smallest absolute Gasteiger partial charge is 0.269 e. The van der Waals surface area contributed by atoms with Crippen LogP contribution < -0.4 is 15.4 Å². The summed E-state index contributed by atoms with van der Waals surface area (Å²) < 4.78 is 6.86. The van der Waals surface area contributed by atoms with Gasteiger partial charge in [-0.25, -0.2) is 9.97 Å². The molecule has 2 aromatic heterocycles. The molecule has 8 heteroatoms. The lowest BCUT2D eigenvalue weighted by Crippen LogP contribution is -2.36. The number of nitrogens with zero attached hydrogens (tertiary/aromatic N) is 2. The molecule has 1 aliphatic carbocycles. The Labute approximate surface area is 166 Å². The van der Waals surface area contributed by atoms with Crippen LogP contribution in [0.5, 0.6) is 11.5 Å². The topological polar surface area (TPSA) is 96.4 Å². The van der Waals surface area contributed by atoms with Crippen LogP contribution in [0.25, 0.3) is 10.2 Å². The Hall–Kier alpha value is -2.71. The van der Waals surface area contributed by atoms with Crippen molar-refractivity contribution in [3.05, 3.63) is 42.2 Å². The predicted molar refractivity (Wildman–Crippen MR) is 109 cm³/mol. The molecule has 3 aromatic rings. The average Bonchev–Trinajstić information content (AvgIpc) is 3.11. The Balaban J connectivity index is 1.47. The molecule has 0 aliphatic heterocycles. The van der Waals surface area contributed by atoms with Gasteiger partial charge in [-0.2, -0.15) is 0 Å². The van der Waals surface area contributed by atoms with Crippen LogP contribution in [-0.2, 0) is 0 Å². The first kappa shape index (κ1) is 18.6. The largest absolute Gasteiger partial charge is 0.456 e. The summed E-state index contributed by atoms with van der Waals surface area (Å²) in [5.74, 6) is 0.996. The minimum absolute atomic E-state index is 0.0648. The van der Waals surface area contributed by atoms with Gasteiger partial charge in [-0.05, 0) is 37.1 Å². The number of fused-ring (bicyclic) bond motifs is 1. The molecule has 1 fully saturated rings. The van der Waals surface area contributed by atoms with Gasteiger partial charge in [0.1, 0.15) is 17.2 Å². The number of anilines is 1. The van der Waals surface area contributed by atoms with Crippen molar-refractivity contribution in [2.75, 3.05) is 12.4 Å². The Bertz CT molecular complexity index is 973. The van der Waals surface area contributed by atoms with Gasteiger partial charge in [0.15, 0.2) is 5.13 Å². The third kappa shape index (κ3) is 4.07. The molecule has 2 heterocycles. The fourth-order valence-electron chi connectivity index (χ4n) is 3.31. The van der Waals surface area contributed by atoms with Crippen molar-refractivity contribution in [3.8, 4) is 11.5 Å². The quantitative estimate of drug-likeness (QED) is 0.608. The molecule has 1 saturated carbocycles. The lowest BCUT2D eigenvalue weighted by molar-refractivity contribution is 0.0958. The summed E-state index contributed by atoms with van der Waals surface area (Å²) in [6, 6.07) is 9.10. The molecule has 2 atom stereocenters. The third-order valence-electron chi connectivity index (χ3n) is 4.83. The van der Waals surface area contributed by atoms with Crippen LogP contribution in [-0.4, -0.2) is 40.2 Å². The van der Waals surface area contributed by atoms with Crippen molar-refractivity contribution in [1.82, 2.24) is 15.3 Å². The molecule has 0 saturated heterocycles. The van der Waals surface area contributed by atoms with Crippen molar-refractivity contribution in [2.24, 2.45) is 0 Å². The second kappa shape index (κ2) is 8.12. The van der Waals surface area contributed by atoms with Crippen LogP contribution in [0.3, 0.4) is 0 Å². The van der Waals surface area contributed by atoms with Gasteiger partial charge in [0.2, 0.25) is 0 Å². The lowest BCUT2D eigenvalue weighted by Gasteiger charge is -2.27. The number of ether oxygens (including phenoxy) is 1. The normalized spacial score (nSPS) is 19.4. The van der Waals surface area contributed by atoms with E-state index in [-0.39, 0.29) is 18.1 Å². The number of rotatable bonds is 5. The molecule has 0 radical (unpaired) electrons. The minimum atomic E-state index is -0.315. The molecular weight excluding hydrogens is 376 g/mol. The Morgan fingerprint density at radius 3 is 2.79 bits per heavy atom. The number of carbonyl (C=O) groups is 1. The van der Waals surface area contributed by atoms with Crippen molar-refractivity contribution < 1.29 is 14.6 Å². The van der Waals surface area contributed by atoms with Gasteiger partial charge in [-0.15, -0.1) is 0 Å². The second-order valence-corrected chi connectivity index (χ2v) is 7.84. The highest BCUT2D eigenvalue weighted by molar-refractivity contribution is 7.22. The van der Waals surface area contributed by atoms with Crippen LogP contribution in [0.4, 0.5) is 5.13 Å². The number of aliphatic hydroxyl groups excluding tert-OH is 1. The van der Waals surface area contributed by atoms with E-state index in [1.807, 2.05) is 18.2 Å². The van der Waals surface area contributed by atoms with Gasteiger partial charge in [0, 0.05) is 13.1 Å². The highest BCUT2D eigenvalue weighted by Gasteiger charge is 2.23. The molecule has 1 aromatic carbocycles. The summed E-state index contributed by atoms with van der Waals surface area (Å²) in [5, 5.41) is 16.9. The van der Waals surface area contributed by atoms with E-state index in [4.69, 9.17) is 4.74 Å². The maximum absolute atomic E-state index is 11.6. The van der Waals surface area contributed by atoms with Crippen LogP contribution in [0.2, 0.25) is 0 Å². The van der Waals surface area contributed by atoms with E-state index in [0.29, 0.717) is 17.2 Å². The fraction of sp³-hybridized carbons (Fsp3) is 0.350. The maximum atomic E-state index is 11.6. The van der Waals surface area contributed by atoms with Crippen molar-refractivity contribution in [2.45, 2.75) is 37.8 Å². The van der Waals surface area contributed by atoms with Crippen LogP contribution in [0.1, 0.15) is 36.2 Å². The van der Waals surface area contributed by atoms with E-state index in [9.17, 15) is 9.90 Å². The van der Waals surface area contributed by atoms with Gasteiger partial charge >= 0.3 is 0 Å². The van der Waals surface area contributed by atoms with E-state index >= 15 is 0 Å². The number of aromatic nitrogens is 2. The van der Waals surface area contributed by atoms with Crippen molar-refractivity contribution in [1.29, 1.82) is 0 Å². The molecule has 28 heavy (non-hydrogen) atoms. The molecule has 4 rings (SSSR count). The number of aliphatic hydroxyl groups is 1. The summed E-state index contributed by atoms with van der Waals surface area (Å²) in [7, 11) is 1.57. The van der Waals surface area contributed by atoms with E-state index in [1.54, 1.807) is 30.5 Å². The molecule has 146 valence electrons. The Kier molecular flexibility index (Phi) is 5.40. The molecule has 1 unspecified atom stereocenters. The number of nitrogens with one attached hydrogen (secondary N) is 2. The maximum Gasteiger partial charge on any atom is 0.269 e. The van der Waals surface area contributed by atoms with E-state index in [2.05, 4.69) is 20.6 Å². The number of benzene rings is 1. The molecule has 7 nitrogen and oxygen atoms in total. The van der Waals surface area contributed by atoms with Crippen molar-refractivity contribution in [3.63, 3.8) is 0 Å². The molecule has 0 spiro atoms. The van der Waals surface area contributed by atoms with Crippen LogP contribution >= 0.6 is 11.3 Å². The van der Waals surface area contributed by atoms with Gasteiger partial charge in [0.05, 0.1) is 28.6 Å². The first-order valence-corrected chi connectivity index (χ1v) is 10.2. The number of pyridine rings is 1. The summed E-state index contributed by atoms with van der Waals surface area (Å²) in [4.78, 5) is 20.3. The average molecular weight is 398 g/mol. The first-order valence-electron chi connectivity index (χ1n) is 9.33. The molecular formula is C20H22N4O3S. The highest BCUT2D eigenvalue weighted by Crippen LogP contribution is 2.32.